The number of nitrogens with one attached hydrogen (secondary N) is 1. The molecule has 0 amide bonds. The summed E-state index contributed by atoms with van der Waals surface area (Å²) in [6.45, 7) is 5.73. The fourth-order valence-corrected chi connectivity index (χ4v) is 5.30. The normalized spacial score (nSPS) is 17.7. The third-order valence-electron chi connectivity index (χ3n) is 4.85. The van der Waals surface area contributed by atoms with E-state index in [-0.39, 0.29) is 34.8 Å². The Morgan fingerprint density at radius 1 is 1.31 bits per heavy atom. The number of hydrogen-bond acceptors (Lipinski definition) is 4. The zero-order valence-corrected chi connectivity index (χ0v) is 19.8. The molecule has 0 radical (unpaired) electrons. The lowest BCUT2D eigenvalue weighted by Gasteiger charge is -2.23. The van der Waals surface area contributed by atoms with Crippen molar-refractivity contribution in [3.63, 3.8) is 0 Å². The summed E-state index contributed by atoms with van der Waals surface area (Å²) in [5, 5.41) is 2.54. The van der Waals surface area contributed by atoms with Crippen LogP contribution in [0.15, 0.2) is 40.4 Å². The van der Waals surface area contributed by atoms with Crippen LogP contribution in [0.1, 0.15) is 38.4 Å². The standard InChI is InChI=1S/C21H21ClF4N2O2S2/c1-11(2)6-14-8-13(4-5-17(14)23)20-27-18(10-31-20)19-12(3)7-15(9-16(19)22)28-32(29,30)21(24,25)26/h4-5,8-12,28H,6-7H2,1-3H3. The van der Waals surface area contributed by atoms with E-state index in [4.69, 9.17) is 11.6 Å². The number of rotatable bonds is 6. The Bertz CT molecular complexity index is 1180. The highest BCUT2D eigenvalue weighted by Gasteiger charge is 2.46. The van der Waals surface area contributed by atoms with Crippen molar-refractivity contribution in [2.45, 2.75) is 39.1 Å². The molecule has 1 aromatic carbocycles. The predicted octanol–water partition coefficient (Wildman–Crippen LogP) is 6.46. The Morgan fingerprint density at radius 3 is 2.59 bits per heavy atom. The number of sulfonamides is 1. The van der Waals surface area contributed by atoms with Gasteiger partial charge in [0.2, 0.25) is 0 Å². The lowest BCUT2D eigenvalue weighted by atomic mass is 9.89. The van der Waals surface area contributed by atoms with Crippen LogP contribution in [0.2, 0.25) is 0 Å². The van der Waals surface area contributed by atoms with Gasteiger partial charge in [-0.25, -0.2) is 9.37 Å². The summed E-state index contributed by atoms with van der Waals surface area (Å²) >= 11 is 7.65. The minimum atomic E-state index is -5.52. The van der Waals surface area contributed by atoms with E-state index in [0.29, 0.717) is 28.3 Å². The van der Waals surface area contributed by atoms with Crippen molar-refractivity contribution in [2.24, 2.45) is 11.8 Å². The molecule has 0 bridgehead atoms. The molecule has 174 valence electrons. The molecule has 11 heteroatoms. The molecule has 32 heavy (non-hydrogen) atoms. The molecular weight excluding hydrogens is 488 g/mol. The maximum absolute atomic E-state index is 14.1. The molecule has 0 saturated carbocycles. The number of allylic oxidation sites excluding steroid dienone is 4. The molecule has 0 aliphatic heterocycles. The molecule has 1 aliphatic carbocycles. The van der Waals surface area contributed by atoms with E-state index >= 15 is 0 Å². The third-order valence-corrected chi connectivity index (χ3v) is 7.19. The lowest BCUT2D eigenvalue weighted by Crippen LogP contribution is -2.36. The molecule has 1 aliphatic rings. The molecule has 1 atom stereocenters. The molecular formula is C21H21ClF4N2O2S2. The van der Waals surface area contributed by atoms with E-state index in [0.717, 1.165) is 5.56 Å². The average Bonchev–Trinajstić information content (AvgIpc) is 3.11. The van der Waals surface area contributed by atoms with Crippen molar-refractivity contribution in [2.75, 3.05) is 0 Å². The second kappa shape index (κ2) is 9.15. The van der Waals surface area contributed by atoms with Crippen LogP contribution in [0.4, 0.5) is 17.6 Å². The maximum atomic E-state index is 14.1. The van der Waals surface area contributed by atoms with E-state index in [2.05, 4.69) is 4.98 Å². The van der Waals surface area contributed by atoms with E-state index in [9.17, 15) is 26.0 Å². The zero-order chi connectivity index (χ0) is 23.8. The van der Waals surface area contributed by atoms with Crippen molar-refractivity contribution in [1.82, 2.24) is 9.71 Å². The summed E-state index contributed by atoms with van der Waals surface area (Å²) in [6.07, 6.45) is 1.79. The molecule has 2 aromatic rings. The van der Waals surface area contributed by atoms with Crippen molar-refractivity contribution in [3.05, 3.63) is 57.5 Å². The maximum Gasteiger partial charge on any atom is 0.516 e. The molecule has 0 fully saturated rings. The summed E-state index contributed by atoms with van der Waals surface area (Å²) in [4.78, 5) is 4.60. The predicted molar refractivity (Wildman–Crippen MR) is 119 cm³/mol. The number of benzene rings is 1. The highest BCUT2D eigenvalue weighted by atomic mass is 35.5. The molecule has 3 rings (SSSR count). The number of hydrogen-bond donors (Lipinski definition) is 1. The van der Waals surface area contributed by atoms with Gasteiger partial charge in [0.05, 0.1) is 5.69 Å². The molecule has 0 saturated heterocycles. The van der Waals surface area contributed by atoms with Gasteiger partial charge in [0.1, 0.15) is 10.8 Å². The Balaban J connectivity index is 1.91. The Hall–Kier alpha value is -1.91. The fraction of sp³-hybridized carbons (Fsp3) is 0.381. The molecule has 1 N–H and O–H groups in total. The quantitative estimate of drug-likeness (QED) is 0.455. The Kier molecular flexibility index (Phi) is 7.07. The fourth-order valence-electron chi connectivity index (χ4n) is 3.47. The molecule has 1 heterocycles. The van der Waals surface area contributed by atoms with Crippen molar-refractivity contribution < 1.29 is 26.0 Å². The minimum absolute atomic E-state index is 0.0167. The number of halogens is 5. The van der Waals surface area contributed by atoms with Crippen molar-refractivity contribution in [1.29, 1.82) is 0 Å². The first-order valence-electron chi connectivity index (χ1n) is 9.72. The monoisotopic (exact) mass is 508 g/mol. The lowest BCUT2D eigenvalue weighted by molar-refractivity contribution is -0.0445. The van der Waals surface area contributed by atoms with Gasteiger partial charge in [0.25, 0.3) is 0 Å². The van der Waals surface area contributed by atoms with Crippen LogP contribution in [0.25, 0.3) is 16.1 Å². The third kappa shape index (κ3) is 5.35. The van der Waals surface area contributed by atoms with Crippen LogP contribution >= 0.6 is 22.9 Å². The topological polar surface area (TPSA) is 59.1 Å². The van der Waals surface area contributed by atoms with Crippen molar-refractivity contribution >= 4 is 38.5 Å². The number of alkyl halides is 3. The van der Waals surface area contributed by atoms with Gasteiger partial charge in [-0.3, -0.25) is 4.72 Å². The second-order valence-electron chi connectivity index (χ2n) is 8.03. The minimum Gasteiger partial charge on any atom is -0.280 e. The van der Waals surface area contributed by atoms with Gasteiger partial charge in [-0.2, -0.15) is 21.6 Å². The van der Waals surface area contributed by atoms with E-state index in [1.807, 2.05) is 13.8 Å². The van der Waals surface area contributed by atoms with Crippen LogP contribution < -0.4 is 4.72 Å². The SMILES string of the molecule is CC(C)Cc1cc(-c2nc(C3=C(Cl)C=C(NS(=O)(=O)C(F)(F)F)CC3C)cs2)ccc1F. The number of aromatic nitrogens is 1. The summed E-state index contributed by atoms with van der Waals surface area (Å²) in [5.41, 5.74) is -3.05. The van der Waals surface area contributed by atoms with Gasteiger partial charge in [-0.15, -0.1) is 11.3 Å². The largest absolute Gasteiger partial charge is 0.516 e. The summed E-state index contributed by atoms with van der Waals surface area (Å²) in [5.74, 6) is -0.364. The Labute approximate surface area is 193 Å². The summed E-state index contributed by atoms with van der Waals surface area (Å²) in [7, 11) is -5.52. The first-order valence-corrected chi connectivity index (χ1v) is 12.5. The average molecular weight is 509 g/mol. The second-order valence-corrected chi connectivity index (χ2v) is 11.0. The number of thiazole rings is 1. The van der Waals surface area contributed by atoms with Crippen LogP contribution in [0.3, 0.4) is 0 Å². The number of nitrogens with zero attached hydrogens (tertiary/aromatic N) is 1. The van der Waals surface area contributed by atoms with Crippen molar-refractivity contribution in [3.8, 4) is 10.6 Å². The first-order chi connectivity index (χ1) is 14.8. The van der Waals surface area contributed by atoms with Crippen LogP contribution in [-0.2, 0) is 16.4 Å². The molecule has 1 aromatic heterocycles. The molecule has 4 nitrogen and oxygen atoms in total. The van der Waals surface area contributed by atoms with Gasteiger partial charge in [0.15, 0.2) is 0 Å². The molecule has 0 spiro atoms. The van der Waals surface area contributed by atoms with Gasteiger partial charge in [-0.05, 0) is 54.5 Å². The highest BCUT2D eigenvalue weighted by molar-refractivity contribution is 7.90. The van der Waals surface area contributed by atoms with Crippen LogP contribution in [0, 0.1) is 17.7 Å². The smallest absolute Gasteiger partial charge is 0.280 e. The van der Waals surface area contributed by atoms with Crippen LogP contribution in [-0.4, -0.2) is 18.9 Å². The zero-order valence-electron chi connectivity index (χ0n) is 17.4. The van der Waals surface area contributed by atoms with Crippen LogP contribution in [0.5, 0.6) is 0 Å². The summed E-state index contributed by atoms with van der Waals surface area (Å²) in [6, 6.07) is 4.82. The van der Waals surface area contributed by atoms with E-state index in [1.165, 1.54) is 23.5 Å². The van der Waals surface area contributed by atoms with Gasteiger partial charge in [0, 0.05) is 27.2 Å². The first kappa shape index (κ1) is 24.7. The summed E-state index contributed by atoms with van der Waals surface area (Å²) < 4.78 is 76.4. The van der Waals surface area contributed by atoms with Gasteiger partial charge >= 0.3 is 15.5 Å². The Morgan fingerprint density at radius 2 is 2.00 bits per heavy atom. The van der Waals surface area contributed by atoms with E-state index < -0.39 is 15.5 Å². The highest BCUT2D eigenvalue weighted by Crippen LogP contribution is 2.39. The van der Waals surface area contributed by atoms with Gasteiger partial charge < -0.3 is 0 Å². The van der Waals surface area contributed by atoms with Gasteiger partial charge in [-0.1, -0.05) is 32.4 Å². The molecule has 1 unspecified atom stereocenters. The van der Waals surface area contributed by atoms with E-state index in [1.54, 1.807) is 29.2 Å².